The maximum absolute atomic E-state index is 12.4. The molecule has 0 saturated carbocycles. The van der Waals surface area contributed by atoms with Crippen molar-refractivity contribution in [1.82, 2.24) is 0 Å². The molecule has 1 aromatic rings. The lowest BCUT2D eigenvalue weighted by molar-refractivity contribution is 0.432. The maximum Gasteiger partial charge on any atom is 0.164 e. The van der Waals surface area contributed by atoms with Crippen LogP contribution in [0.15, 0.2) is 24.8 Å². The van der Waals surface area contributed by atoms with Crippen LogP contribution in [0.2, 0.25) is 0 Å². The summed E-state index contributed by atoms with van der Waals surface area (Å²) in [4.78, 5) is 0. The van der Waals surface area contributed by atoms with Crippen LogP contribution in [-0.2, 0) is 0 Å². The molecule has 0 fully saturated rings. The second kappa shape index (κ2) is 2.52. The van der Waals surface area contributed by atoms with Gasteiger partial charge in [0.05, 0.1) is 0 Å². The first kappa shape index (κ1) is 6.81. The minimum atomic E-state index is -0.606. The van der Waals surface area contributed by atoms with E-state index in [9.17, 15) is 4.39 Å². The van der Waals surface area contributed by atoms with Crippen molar-refractivity contribution in [2.24, 2.45) is 0 Å². The van der Waals surface area contributed by atoms with Crippen LogP contribution in [0.25, 0.3) is 6.08 Å². The quantitative estimate of drug-likeness (QED) is 0.630. The SMILES string of the molecule is C=Cc1ccc(F)c(O)c1. The molecule has 0 amide bonds. The Hall–Kier alpha value is -1.31. The molecule has 10 heavy (non-hydrogen) atoms. The molecule has 1 aromatic carbocycles. The Morgan fingerprint density at radius 1 is 1.50 bits per heavy atom. The van der Waals surface area contributed by atoms with E-state index in [-0.39, 0.29) is 5.75 Å². The third kappa shape index (κ3) is 1.16. The van der Waals surface area contributed by atoms with E-state index in [0.29, 0.717) is 5.56 Å². The molecule has 1 nitrogen and oxygen atoms in total. The van der Waals surface area contributed by atoms with Gasteiger partial charge in [0.2, 0.25) is 0 Å². The Kier molecular flexibility index (Phi) is 1.71. The van der Waals surface area contributed by atoms with Crippen LogP contribution in [-0.4, -0.2) is 5.11 Å². The number of phenols is 1. The highest BCUT2D eigenvalue weighted by atomic mass is 19.1. The van der Waals surface area contributed by atoms with E-state index < -0.39 is 5.82 Å². The fourth-order valence-corrected chi connectivity index (χ4v) is 0.657. The summed E-state index contributed by atoms with van der Waals surface area (Å²) in [5.74, 6) is -0.942. The van der Waals surface area contributed by atoms with E-state index >= 15 is 0 Å². The zero-order valence-corrected chi connectivity index (χ0v) is 5.34. The van der Waals surface area contributed by atoms with E-state index in [4.69, 9.17) is 5.11 Å². The second-order valence-electron chi connectivity index (χ2n) is 1.91. The molecule has 2 heteroatoms. The highest BCUT2D eigenvalue weighted by molar-refractivity contribution is 5.49. The lowest BCUT2D eigenvalue weighted by atomic mass is 10.2. The third-order valence-corrected chi connectivity index (χ3v) is 1.21. The molecule has 0 radical (unpaired) electrons. The van der Waals surface area contributed by atoms with Gasteiger partial charge in [-0.2, -0.15) is 0 Å². The van der Waals surface area contributed by atoms with E-state index in [1.807, 2.05) is 0 Å². The molecule has 0 saturated heterocycles. The van der Waals surface area contributed by atoms with Gasteiger partial charge < -0.3 is 5.11 Å². The average molecular weight is 138 g/mol. The Bertz CT molecular complexity index is 255. The zero-order valence-electron chi connectivity index (χ0n) is 5.34. The average Bonchev–Trinajstić information content (AvgIpc) is 1.95. The van der Waals surface area contributed by atoms with Gasteiger partial charge in [-0.05, 0) is 17.7 Å². The first-order valence-electron chi connectivity index (χ1n) is 2.85. The minimum Gasteiger partial charge on any atom is -0.505 e. The molecule has 0 heterocycles. The summed E-state index contributed by atoms with van der Waals surface area (Å²) in [6, 6.07) is 4.07. The van der Waals surface area contributed by atoms with Crippen molar-refractivity contribution in [2.75, 3.05) is 0 Å². The van der Waals surface area contributed by atoms with Crippen LogP contribution in [0.4, 0.5) is 4.39 Å². The molecular formula is C8H7FO. The van der Waals surface area contributed by atoms with Gasteiger partial charge in [0.1, 0.15) is 0 Å². The predicted molar refractivity (Wildman–Crippen MR) is 38.2 cm³/mol. The maximum atomic E-state index is 12.4. The summed E-state index contributed by atoms with van der Waals surface area (Å²) >= 11 is 0. The van der Waals surface area contributed by atoms with Gasteiger partial charge in [-0.3, -0.25) is 0 Å². The van der Waals surface area contributed by atoms with Crippen LogP contribution in [0.1, 0.15) is 5.56 Å². The number of halogens is 1. The van der Waals surface area contributed by atoms with Crippen molar-refractivity contribution >= 4 is 6.08 Å². The third-order valence-electron chi connectivity index (χ3n) is 1.21. The highest BCUT2D eigenvalue weighted by Gasteiger charge is 1.97. The summed E-state index contributed by atoms with van der Waals surface area (Å²) in [7, 11) is 0. The summed E-state index contributed by atoms with van der Waals surface area (Å²) < 4.78 is 12.4. The number of hydrogen-bond donors (Lipinski definition) is 1. The number of aromatic hydroxyl groups is 1. The van der Waals surface area contributed by atoms with Gasteiger partial charge >= 0.3 is 0 Å². The molecule has 0 aliphatic rings. The smallest absolute Gasteiger partial charge is 0.164 e. The number of rotatable bonds is 1. The van der Waals surface area contributed by atoms with Gasteiger partial charge in [0.15, 0.2) is 11.6 Å². The Morgan fingerprint density at radius 2 is 2.20 bits per heavy atom. The first-order chi connectivity index (χ1) is 4.74. The molecule has 0 atom stereocenters. The molecule has 1 N–H and O–H groups in total. The molecule has 0 aliphatic heterocycles. The largest absolute Gasteiger partial charge is 0.505 e. The van der Waals surface area contributed by atoms with Crippen molar-refractivity contribution in [1.29, 1.82) is 0 Å². The fourth-order valence-electron chi connectivity index (χ4n) is 0.657. The molecule has 0 aromatic heterocycles. The molecule has 0 aliphatic carbocycles. The van der Waals surface area contributed by atoms with Crippen molar-refractivity contribution in [3.05, 3.63) is 36.2 Å². The summed E-state index contributed by atoms with van der Waals surface area (Å²) in [6.07, 6.45) is 1.54. The minimum absolute atomic E-state index is 0.336. The first-order valence-corrected chi connectivity index (χ1v) is 2.85. The number of phenolic OH excluding ortho intramolecular Hbond substituents is 1. The fraction of sp³-hybridized carbons (Fsp3) is 0. The highest BCUT2D eigenvalue weighted by Crippen LogP contribution is 2.16. The van der Waals surface area contributed by atoms with Gasteiger partial charge in [-0.15, -0.1) is 0 Å². The molecule has 0 spiro atoms. The standard InChI is InChI=1S/C8H7FO/c1-2-6-3-4-7(9)8(10)5-6/h2-5,10H,1H2. The Morgan fingerprint density at radius 3 is 2.70 bits per heavy atom. The molecule has 1 rings (SSSR count). The molecule has 0 bridgehead atoms. The van der Waals surface area contributed by atoms with Gasteiger partial charge in [0, 0.05) is 0 Å². The zero-order chi connectivity index (χ0) is 7.56. The molecular weight excluding hydrogens is 131 g/mol. The monoisotopic (exact) mass is 138 g/mol. The van der Waals surface area contributed by atoms with Gasteiger partial charge in [-0.25, -0.2) is 4.39 Å². The second-order valence-corrected chi connectivity index (χ2v) is 1.91. The Labute approximate surface area is 58.4 Å². The number of hydrogen-bond acceptors (Lipinski definition) is 1. The van der Waals surface area contributed by atoms with Crippen LogP contribution in [0.5, 0.6) is 5.75 Å². The predicted octanol–water partition coefficient (Wildman–Crippen LogP) is 2.17. The van der Waals surface area contributed by atoms with Crippen LogP contribution < -0.4 is 0 Å². The van der Waals surface area contributed by atoms with Crippen LogP contribution in [0.3, 0.4) is 0 Å². The normalized spacial score (nSPS) is 9.30. The van der Waals surface area contributed by atoms with E-state index in [1.54, 1.807) is 12.1 Å². The van der Waals surface area contributed by atoms with Crippen molar-refractivity contribution in [2.45, 2.75) is 0 Å². The number of benzene rings is 1. The van der Waals surface area contributed by atoms with Crippen molar-refractivity contribution in [3.63, 3.8) is 0 Å². The van der Waals surface area contributed by atoms with E-state index in [1.165, 1.54) is 12.1 Å². The summed E-state index contributed by atoms with van der Waals surface area (Å²) in [5, 5.41) is 8.81. The van der Waals surface area contributed by atoms with Gasteiger partial charge in [-0.1, -0.05) is 18.7 Å². The Balaban J connectivity index is 3.16. The van der Waals surface area contributed by atoms with Crippen molar-refractivity contribution < 1.29 is 9.50 Å². The molecule has 52 valence electrons. The van der Waals surface area contributed by atoms with Gasteiger partial charge in [0.25, 0.3) is 0 Å². The lowest BCUT2D eigenvalue weighted by Gasteiger charge is -1.94. The molecule has 0 unspecified atom stereocenters. The topological polar surface area (TPSA) is 20.2 Å². The van der Waals surface area contributed by atoms with Crippen LogP contribution in [0, 0.1) is 5.82 Å². The van der Waals surface area contributed by atoms with Crippen LogP contribution >= 0.6 is 0 Å². The summed E-state index contributed by atoms with van der Waals surface area (Å²) in [5.41, 5.74) is 0.707. The van der Waals surface area contributed by atoms with E-state index in [0.717, 1.165) is 0 Å². The lowest BCUT2D eigenvalue weighted by Crippen LogP contribution is -1.76. The summed E-state index contributed by atoms with van der Waals surface area (Å²) in [6.45, 7) is 3.47. The van der Waals surface area contributed by atoms with E-state index in [2.05, 4.69) is 6.58 Å². The van der Waals surface area contributed by atoms with Crippen molar-refractivity contribution in [3.8, 4) is 5.75 Å².